The molecule has 1 fully saturated rings. The minimum absolute atomic E-state index is 0.00784. The lowest BCUT2D eigenvalue weighted by Gasteiger charge is -2.35. The summed E-state index contributed by atoms with van der Waals surface area (Å²) in [6.45, 7) is 3.76. The molecule has 3 N–H and O–H groups in total. The summed E-state index contributed by atoms with van der Waals surface area (Å²) >= 11 is 0. The van der Waals surface area contributed by atoms with E-state index in [4.69, 9.17) is 10.5 Å². The number of aliphatic hydroxyl groups is 1. The van der Waals surface area contributed by atoms with E-state index in [-0.39, 0.29) is 6.04 Å². The number of aromatic nitrogens is 1. The molecule has 0 spiro atoms. The summed E-state index contributed by atoms with van der Waals surface area (Å²) in [5.74, 6) is 0.851. The maximum atomic E-state index is 10.5. The number of nitrogens with two attached hydrogens (primary N) is 1. The number of hydrogen-bond acceptors (Lipinski definition) is 5. The fourth-order valence-electron chi connectivity index (χ4n) is 2.32. The molecule has 1 aromatic heterocycles. The van der Waals surface area contributed by atoms with E-state index < -0.39 is 5.60 Å². The smallest absolute Gasteiger partial charge is 0.128 e. The van der Waals surface area contributed by atoms with E-state index in [9.17, 15) is 5.11 Å². The van der Waals surface area contributed by atoms with Gasteiger partial charge in [0.25, 0.3) is 0 Å². The highest BCUT2D eigenvalue weighted by Crippen LogP contribution is 2.23. The Labute approximate surface area is 114 Å². The van der Waals surface area contributed by atoms with E-state index in [1.807, 2.05) is 31.0 Å². The van der Waals surface area contributed by atoms with Crippen molar-refractivity contribution in [2.75, 3.05) is 31.7 Å². The Balaban J connectivity index is 2.00. The van der Waals surface area contributed by atoms with Gasteiger partial charge >= 0.3 is 0 Å². The molecular formula is C14H23N3O2. The lowest BCUT2D eigenvalue weighted by atomic mass is 9.94. The third-order valence-electron chi connectivity index (χ3n) is 3.64. The zero-order valence-corrected chi connectivity index (χ0v) is 11.7. The number of likely N-dealkylation sites (N-methyl/N-ethyl adjacent to an activating group) is 1. The molecule has 0 aromatic carbocycles. The van der Waals surface area contributed by atoms with Crippen molar-refractivity contribution in [3.63, 3.8) is 0 Å². The summed E-state index contributed by atoms with van der Waals surface area (Å²) in [7, 11) is 1.95. The van der Waals surface area contributed by atoms with Gasteiger partial charge in [-0.3, -0.25) is 0 Å². The highest BCUT2D eigenvalue weighted by molar-refractivity contribution is 5.39. The van der Waals surface area contributed by atoms with Gasteiger partial charge in [-0.15, -0.1) is 0 Å². The predicted octanol–water partition coefficient (Wildman–Crippen LogP) is 1.08. The number of pyridine rings is 1. The molecule has 1 saturated heterocycles. The minimum Gasteiger partial charge on any atom is -0.388 e. The molecule has 0 saturated carbocycles. The summed E-state index contributed by atoms with van der Waals surface area (Å²) in [5.41, 5.74) is 6.15. The van der Waals surface area contributed by atoms with Crippen LogP contribution in [0.1, 0.15) is 31.4 Å². The van der Waals surface area contributed by atoms with Crippen LogP contribution in [0.15, 0.2) is 18.3 Å². The van der Waals surface area contributed by atoms with Gasteiger partial charge in [0.1, 0.15) is 5.82 Å². The van der Waals surface area contributed by atoms with E-state index in [1.165, 1.54) is 0 Å². The second-order valence-electron chi connectivity index (χ2n) is 5.43. The molecule has 1 aliphatic heterocycles. The van der Waals surface area contributed by atoms with E-state index in [0.717, 1.165) is 11.4 Å². The molecule has 1 atom stereocenters. The Kier molecular flexibility index (Phi) is 4.39. The Morgan fingerprint density at radius 1 is 1.47 bits per heavy atom. The highest BCUT2D eigenvalue weighted by Gasteiger charge is 2.31. The number of hydrogen-bond donors (Lipinski definition) is 2. The van der Waals surface area contributed by atoms with Crippen LogP contribution in [0.4, 0.5) is 5.82 Å². The molecule has 2 rings (SSSR count). The van der Waals surface area contributed by atoms with Crippen LogP contribution < -0.4 is 10.6 Å². The van der Waals surface area contributed by atoms with Gasteiger partial charge in [0, 0.05) is 51.9 Å². The second-order valence-corrected chi connectivity index (χ2v) is 5.43. The average molecular weight is 265 g/mol. The van der Waals surface area contributed by atoms with Crippen LogP contribution in [-0.4, -0.2) is 42.5 Å². The highest BCUT2D eigenvalue weighted by atomic mass is 16.5. The molecule has 0 unspecified atom stereocenters. The SMILES string of the molecule is C[C@@H](N)c1ccc(N(C)CC2(O)CCOCC2)nc1. The third-order valence-corrected chi connectivity index (χ3v) is 3.64. The van der Waals surface area contributed by atoms with Crippen molar-refractivity contribution in [3.8, 4) is 0 Å². The zero-order valence-electron chi connectivity index (χ0n) is 11.7. The molecular weight excluding hydrogens is 242 g/mol. The Morgan fingerprint density at radius 2 is 2.16 bits per heavy atom. The molecule has 0 bridgehead atoms. The van der Waals surface area contributed by atoms with Crippen molar-refractivity contribution in [2.45, 2.75) is 31.4 Å². The molecule has 0 amide bonds. The van der Waals surface area contributed by atoms with Crippen molar-refractivity contribution in [2.24, 2.45) is 5.73 Å². The monoisotopic (exact) mass is 265 g/mol. The van der Waals surface area contributed by atoms with E-state index in [1.54, 1.807) is 6.20 Å². The second kappa shape index (κ2) is 5.86. The van der Waals surface area contributed by atoms with Gasteiger partial charge in [-0.1, -0.05) is 6.07 Å². The number of ether oxygens (including phenoxy) is 1. The predicted molar refractivity (Wildman–Crippen MR) is 75.1 cm³/mol. The van der Waals surface area contributed by atoms with Crippen LogP contribution in [0.3, 0.4) is 0 Å². The summed E-state index contributed by atoms with van der Waals surface area (Å²) in [4.78, 5) is 6.38. The van der Waals surface area contributed by atoms with Gasteiger partial charge in [0.05, 0.1) is 5.60 Å². The molecule has 1 aliphatic rings. The van der Waals surface area contributed by atoms with Crippen LogP contribution >= 0.6 is 0 Å². The standard InChI is InChI=1S/C14H23N3O2/c1-11(15)12-3-4-13(16-9-12)17(2)10-14(18)5-7-19-8-6-14/h3-4,9,11,18H,5-8,10,15H2,1-2H3/t11-/m1/s1. The first-order valence-electron chi connectivity index (χ1n) is 6.73. The van der Waals surface area contributed by atoms with Crippen LogP contribution in [0.2, 0.25) is 0 Å². The largest absolute Gasteiger partial charge is 0.388 e. The molecule has 106 valence electrons. The number of anilines is 1. The van der Waals surface area contributed by atoms with E-state index in [0.29, 0.717) is 32.6 Å². The maximum absolute atomic E-state index is 10.5. The first kappa shape index (κ1) is 14.2. The van der Waals surface area contributed by atoms with Crippen molar-refractivity contribution in [1.82, 2.24) is 4.98 Å². The van der Waals surface area contributed by atoms with Crippen LogP contribution in [0.5, 0.6) is 0 Å². The molecule has 0 radical (unpaired) electrons. The van der Waals surface area contributed by atoms with Gasteiger partial charge < -0.3 is 20.5 Å². The maximum Gasteiger partial charge on any atom is 0.128 e. The first-order chi connectivity index (χ1) is 9.00. The summed E-state index contributed by atoms with van der Waals surface area (Å²) in [5, 5.41) is 10.5. The van der Waals surface area contributed by atoms with Gasteiger partial charge in [-0.2, -0.15) is 0 Å². The molecule has 0 aliphatic carbocycles. The Morgan fingerprint density at radius 3 is 2.68 bits per heavy atom. The summed E-state index contributed by atoms with van der Waals surface area (Å²) in [6.07, 6.45) is 3.15. The van der Waals surface area contributed by atoms with Crippen molar-refractivity contribution in [1.29, 1.82) is 0 Å². The van der Waals surface area contributed by atoms with Crippen LogP contribution in [0, 0.1) is 0 Å². The number of nitrogens with zero attached hydrogens (tertiary/aromatic N) is 2. The fourth-order valence-corrected chi connectivity index (χ4v) is 2.32. The van der Waals surface area contributed by atoms with Crippen molar-refractivity contribution < 1.29 is 9.84 Å². The van der Waals surface area contributed by atoms with Gasteiger partial charge in [-0.05, 0) is 18.6 Å². The van der Waals surface area contributed by atoms with Gasteiger partial charge in [0.2, 0.25) is 0 Å². The minimum atomic E-state index is -0.672. The average Bonchev–Trinajstić information content (AvgIpc) is 2.39. The Bertz CT molecular complexity index is 400. The van der Waals surface area contributed by atoms with Gasteiger partial charge in [0.15, 0.2) is 0 Å². The van der Waals surface area contributed by atoms with Crippen molar-refractivity contribution >= 4 is 5.82 Å². The number of rotatable bonds is 4. The van der Waals surface area contributed by atoms with Crippen molar-refractivity contribution in [3.05, 3.63) is 23.9 Å². The molecule has 5 nitrogen and oxygen atoms in total. The summed E-state index contributed by atoms with van der Waals surface area (Å²) < 4.78 is 5.29. The van der Waals surface area contributed by atoms with E-state index in [2.05, 4.69) is 4.98 Å². The Hall–Kier alpha value is -1.17. The third kappa shape index (κ3) is 3.65. The quantitative estimate of drug-likeness (QED) is 0.852. The molecule has 2 heterocycles. The van der Waals surface area contributed by atoms with Crippen LogP contribution in [-0.2, 0) is 4.74 Å². The zero-order chi connectivity index (χ0) is 13.9. The normalized spacial score (nSPS) is 20.0. The van der Waals surface area contributed by atoms with Gasteiger partial charge in [-0.25, -0.2) is 4.98 Å². The topological polar surface area (TPSA) is 71.6 Å². The molecule has 1 aromatic rings. The van der Waals surface area contributed by atoms with Crippen LogP contribution in [0.25, 0.3) is 0 Å². The molecule has 5 heteroatoms. The lowest BCUT2D eigenvalue weighted by Crippen LogP contribution is -2.46. The lowest BCUT2D eigenvalue weighted by molar-refractivity contribution is -0.0573. The molecule has 19 heavy (non-hydrogen) atoms. The van der Waals surface area contributed by atoms with E-state index >= 15 is 0 Å². The first-order valence-corrected chi connectivity index (χ1v) is 6.73. The fraction of sp³-hybridized carbons (Fsp3) is 0.643. The summed E-state index contributed by atoms with van der Waals surface area (Å²) in [6, 6.07) is 3.92.